The second-order valence-electron chi connectivity index (χ2n) is 3.60. The number of hydrogen-bond acceptors (Lipinski definition) is 3. The van der Waals surface area contributed by atoms with Gasteiger partial charge >= 0.3 is 0 Å². The number of carbonyl (C=O) groups is 3. The molecule has 0 saturated heterocycles. The normalized spacial score (nSPS) is 10.1. The summed E-state index contributed by atoms with van der Waals surface area (Å²) in [5, 5.41) is 0. The Labute approximate surface area is 88.1 Å². The molecule has 0 aliphatic rings. The lowest BCUT2D eigenvalue weighted by Gasteiger charge is -2.05. The predicted molar refractivity (Wildman–Crippen MR) is 56.4 cm³/mol. The van der Waals surface area contributed by atoms with E-state index in [2.05, 4.69) is 0 Å². The Kier molecular flexibility index (Phi) is 3.50. The lowest BCUT2D eigenvalue weighted by molar-refractivity contribution is 0.0939. The van der Waals surface area contributed by atoms with Crippen molar-refractivity contribution >= 4 is 18.4 Å². The summed E-state index contributed by atoms with van der Waals surface area (Å²) in [6.45, 7) is 3.58. The predicted octanol–water partition coefficient (Wildman–Crippen LogP) is 2.15. The average molecular weight is 204 g/mol. The van der Waals surface area contributed by atoms with Crippen LogP contribution in [0.5, 0.6) is 0 Å². The van der Waals surface area contributed by atoms with Crippen LogP contribution < -0.4 is 0 Å². The molecule has 3 heteroatoms. The first kappa shape index (κ1) is 11.3. The molecule has 0 heterocycles. The van der Waals surface area contributed by atoms with E-state index in [9.17, 15) is 14.4 Å². The smallest absolute Gasteiger partial charge is 0.165 e. The van der Waals surface area contributed by atoms with Crippen LogP contribution in [0.3, 0.4) is 0 Å². The van der Waals surface area contributed by atoms with E-state index in [1.165, 1.54) is 12.1 Å². The molecule has 1 rings (SSSR count). The van der Waals surface area contributed by atoms with Crippen molar-refractivity contribution in [3.05, 3.63) is 34.9 Å². The number of aldehydes is 2. The van der Waals surface area contributed by atoms with Crippen molar-refractivity contribution in [2.75, 3.05) is 0 Å². The van der Waals surface area contributed by atoms with Gasteiger partial charge in [-0.1, -0.05) is 26.0 Å². The molecule has 0 aromatic heterocycles. The Hall–Kier alpha value is -1.77. The van der Waals surface area contributed by atoms with Gasteiger partial charge in [-0.2, -0.15) is 0 Å². The molecule has 15 heavy (non-hydrogen) atoms. The highest BCUT2D eigenvalue weighted by molar-refractivity contribution is 6.00. The van der Waals surface area contributed by atoms with E-state index in [1.807, 2.05) is 0 Å². The SMILES string of the molecule is CC(C)C(=O)c1ccc(C=O)c(C=O)c1. The maximum Gasteiger partial charge on any atom is 0.165 e. The van der Waals surface area contributed by atoms with Gasteiger partial charge in [0, 0.05) is 22.6 Å². The summed E-state index contributed by atoms with van der Waals surface area (Å²) in [7, 11) is 0. The summed E-state index contributed by atoms with van der Waals surface area (Å²) in [5.74, 6) is -0.151. The molecule has 0 unspecified atom stereocenters. The fourth-order valence-electron chi connectivity index (χ4n) is 1.27. The van der Waals surface area contributed by atoms with Crippen molar-refractivity contribution in [2.24, 2.45) is 5.92 Å². The standard InChI is InChI=1S/C12H12O3/c1-8(2)12(15)9-3-4-10(6-13)11(5-9)7-14/h3-8H,1-2H3. The Morgan fingerprint density at radius 2 is 1.73 bits per heavy atom. The average Bonchev–Trinajstić information content (AvgIpc) is 2.26. The van der Waals surface area contributed by atoms with E-state index in [4.69, 9.17) is 0 Å². The van der Waals surface area contributed by atoms with Gasteiger partial charge in [-0.25, -0.2) is 0 Å². The molecule has 0 bridgehead atoms. The Morgan fingerprint density at radius 1 is 1.13 bits per heavy atom. The van der Waals surface area contributed by atoms with Crippen LogP contribution in [0, 0.1) is 5.92 Å². The van der Waals surface area contributed by atoms with Crippen molar-refractivity contribution in [3.8, 4) is 0 Å². The van der Waals surface area contributed by atoms with Crippen LogP contribution in [-0.2, 0) is 0 Å². The minimum Gasteiger partial charge on any atom is -0.298 e. The van der Waals surface area contributed by atoms with Crippen molar-refractivity contribution in [2.45, 2.75) is 13.8 Å². The molecule has 3 nitrogen and oxygen atoms in total. The molecule has 0 spiro atoms. The Morgan fingerprint density at radius 3 is 2.20 bits per heavy atom. The summed E-state index contributed by atoms with van der Waals surface area (Å²) < 4.78 is 0. The highest BCUT2D eigenvalue weighted by Gasteiger charge is 2.12. The molecule has 0 radical (unpaired) electrons. The number of ketones is 1. The van der Waals surface area contributed by atoms with E-state index in [0.29, 0.717) is 23.7 Å². The van der Waals surface area contributed by atoms with Crippen molar-refractivity contribution in [1.82, 2.24) is 0 Å². The van der Waals surface area contributed by atoms with Crippen molar-refractivity contribution in [1.29, 1.82) is 0 Å². The molecule has 78 valence electrons. The Bertz CT molecular complexity index is 405. The maximum atomic E-state index is 11.6. The third kappa shape index (κ3) is 2.37. The number of benzene rings is 1. The van der Waals surface area contributed by atoms with Crippen molar-refractivity contribution < 1.29 is 14.4 Å². The van der Waals surface area contributed by atoms with Gasteiger partial charge < -0.3 is 0 Å². The van der Waals surface area contributed by atoms with Crippen LogP contribution in [-0.4, -0.2) is 18.4 Å². The van der Waals surface area contributed by atoms with Crippen molar-refractivity contribution in [3.63, 3.8) is 0 Å². The Balaban J connectivity index is 3.19. The molecule has 1 aromatic rings. The third-order valence-electron chi connectivity index (χ3n) is 2.15. The highest BCUT2D eigenvalue weighted by Crippen LogP contribution is 2.12. The minimum absolute atomic E-state index is 0.0319. The number of carbonyl (C=O) groups excluding carboxylic acids is 3. The van der Waals surface area contributed by atoms with E-state index in [0.717, 1.165) is 0 Å². The minimum atomic E-state index is -0.119. The summed E-state index contributed by atoms with van der Waals surface area (Å²) in [6, 6.07) is 4.52. The van der Waals surface area contributed by atoms with E-state index < -0.39 is 0 Å². The van der Waals surface area contributed by atoms with Gasteiger partial charge in [-0.05, 0) is 6.07 Å². The zero-order valence-corrected chi connectivity index (χ0v) is 8.69. The quantitative estimate of drug-likeness (QED) is 0.557. The molecule has 0 aliphatic carbocycles. The van der Waals surface area contributed by atoms with Gasteiger partial charge in [-0.3, -0.25) is 14.4 Å². The van der Waals surface area contributed by atoms with Gasteiger partial charge in [0.25, 0.3) is 0 Å². The summed E-state index contributed by atoms with van der Waals surface area (Å²) in [4.78, 5) is 32.8. The lowest BCUT2D eigenvalue weighted by Crippen LogP contribution is -2.08. The van der Waals surface area contributed by atoms with Crippen LogP contribution >= 0.6 is 0 Å². The summed E-state index contributed by atoms with van der Waals surface area (Å²) in [5.41, 5.74) is 1.04. The van der Waals surface area contributed by atoms with Gasteiger partial charge in [-0.15, -0.1) is 0 Å². The zero-order valence-electron chi connectivity index (χ0n) is 8.69. The zero-order chi connectivity index (χ0) is 11.4. The highest BCUT2D eigenvalue weighted by atomic mass is 16.1. The molecule has 0 N–H and O–H groups in total. The molecule has 0 atom stereocenters. The number of Topliss-reactive ketones (excluding diaryl/α,β-unsaturated/α-hetero) is 1. The molecule has 0 saturated carbocycles. The van der Waals surface area contributed by atoms with Crippen LogP contribution in [0.25, 0.3) is 0 Å². The number of rotatable bonds is 4. The largest absolute Gasteiger partial charge is 0.298 e. The van der Waals surface area contributed by atoms with E-state index >= 15 is 0 Å². The fourth-order valence-corrected chi connectivity index (χ4v) is 1.27. The summed E-state index contributed by atoms with van der Waals surface area (Å²) >= 11 is 0. The maximum absolute atomic E-state index is 11.6. The first-order valence-corrected chi connectivity index (χ1v) is 4.68. The molecule has 1 aromatic carbocycles. The third-order valence-corrected chi connectivity index (χ3v) is 2.15. The second-order valence-corrected chi connectivity index (χ2v) is 3.60. The van der Waals surface area contributed by atoms with E-state index in [-0.39, 0.29) is 17.3 Å². The van der Waals surface area contributed by atoms with Gasteiger partial charge in [0.1, 0.15) is 0 Å². The molecule has 0 fully saturated rings. The molecule has 0 amide bonds. The van der Waals surface area contributed by atoms with Gasteiger partial charge in [0.15, 0.2) is 18.4 Å². The first-order chi connectivity index (χ1) is 7.10. The lowest BCUT2D eigenvalue weighted by atomic mass is 9.97. The molecular weight excluding hydrogens is 192 g/mol. The van der Waals surface area contributed by atoms with Crippen LogP contribution in [0.1, 0.15) is 44.9 Å². The van der Waals surface area contributed by atoms with Crippen LogP contribution in [0.4, 0.5) is 0 Å². The van der Waals surface area contributed by atoms with Gasteiger partial charge in [0.05, 0.1) is 0 Å². The van der Waals surface area contributed by atoms with Crippen LogP contribution in [0.15, 0.2) is 18.2 Å². The monoisotopic (exact) mass is 204 g/mol. The fraction of sp³-hybridized carbons (Fsp3) is 0.250. The topological polar surface area (TPSA) is 51.2 Å². The molecule has 0 aliphatic heterocycles. The number of hydrogen-bond donors (Lipinski definition) is 0. The van der Waals surface area contributed by atoms with E-state index in [1.54, 1.807) is 19.9 Å². The van der Waals surface area contributed by atoms with Gasteiger partial charge in [0.2, 0.25) is 0 Å². The second kappa shape index (κ2) is 4.64. The molecular formula is C12H12O3. The first-order valence-electron chi connectivity index (χ1n) is 4.68. The summed E-state index contributed by atoms with van der Waals surface area (Å²) in [6.07, 6.45) is 1.19. The van der Waals surface area contributed by atoms with Crippen LogP contribution in [0.2, 0.25) is 0 Å².